The molecule has 6 nitrogen and oxygen atoms in total. The number of phenols is 1. The minimum Gasteiger partial charge on any atom is -0.505 e. The molecule has 33 heavy (non-hydrogen) atoms. The van der Waals surface area contributed by atoms with Gasteiger partial charge in [-0.3, -0.25) is 9.78 Å². The molecule has 0 atom stereocenters. The third-order valence-corrected chi connectivity index (χ3v) is 6.73. The number of amides is 1. The minimum absolute atomic E-state index is 0.109. The first-order valence-electron chi connectivity index (χ1n) is 10.8. The van der Waals surface area contributed by atoms with Crippen molar-refractivity contribution in [2.24, 2.45) is 0 Å². The second-order valence-corrected chi connectivity index (χ2v) is 9.98. The van der Waals surface area contributed by atoms with E-state index < -0.39 is 5.60 Å². The number of hydrogen-bond donors (Lipinski definition) is 2. The van der Waals surface area contributed by atoms with Crippen molar-refractivity contribution in [3.8, 4) is 5.75 Å². The quantitative estimate of drug-likeness (QED) is 0.496. The van der Waals surface area contributed by atoms with Gasteiger partial charge in [-0.1, -0.05) is 24.1 Å². The number of halogens is 1. The molecule has 4 rings (SSSR count). The molecule has 2 aromatic carbocycles. The number of rotatable bonds is 7. The number of carbonyl (C=O) groups is 1. The number of aromatic hydroxyl groups is 1. The highest BCUT2D eigenvalue weighted by Gasteiger charge is 2.36. The van der Waals surface area contributed by atoms with E-state index in [1.54, 1.807) is 37.1 Å². The van der Waals surface area contributed by atoms with Gasteiger partial charge in [0.05, 0.1) is 16.9 Å². The summed E-state index contributed by atoms with van der Waals surface area (Å²) in [7, 11) is 1.92. The zero-order valence-corrected chi connectivity index (χ0v) is 20.0. The first kappa shape index (κ1) is 23.3. The fraction of sp³-hybridized carbons (Fsp3) is 0.360. The molecule has 0 spiro atoms. The molecule has 1 aliphatic heterocycles. The number of fused-ring (bicyclic) bond motifs is 2. The summed E-state index contributed by atoms with van der Waals surface area (Å²) < 4.78 is 15.3. The van der Waals surface area contributed by atoms with E-state index in [0.29, 0.717) is 31.4 Å². The lowest BCUT2D eigenvalue weighted by atomic mass is 9.98. The second-order valence-electron chi connectivity index (χ2n) is 9.06. The van der Waals surface area contributed by atoms with Crippen molar-refractivity contribution in [1.82, 2.24) is 9.88 Å². The largest absolute Gasteiger partial charge is 0.505 e. The Hall–Kier alpha value is -2.84. The molecule has 0 saturated carbocycles. The number of aliphatic hydroxyl groups is 1. The Morgan fingerprint density at radius 1 is 1.24 bits per heavy atom. The van der Waals surface area contributed by atoms with E-state index in [9.17, 15) is 19.4 Å². The smallest absolute Gasteiger partial charge is 0.258 e. The van der Waals surface area contributed by atoms with Gasteiger partial charge in [-0.25, -0.2) is 4.39 Å². The molecule has 1 aliphatic rings. The summed E-state index contributed by atoms with van der Waals surface area (Å²) in [6.45, 7) is 4.17. The van der Waals surface area contributed by atoms with Crippen molar-refractivity contribution in [2.75, 3.05) is 24.2 Å². The van der Waals surface area contributed by atoms with Crippen LogP contribution < -0.4 is 4.31 Å². The van der Waals surface area contributed by atoms with Crippen LogP contribution in [0.3, 0.4) is 0 Å². The normalized spacial score (nSPS) is 13.6. The van der Waals surface area contributed by atoms with Gasteiger partial charge in [-0.15, -0.1) is 0 Å². The molecule has 2 N–H and O–H groups in total. The van der Waals surface area contributed by atoms with Crippen molar-refractivity contribution in [2.45, 2.75) is 38.8 Å². The number of benzene rings is 2. The molecule has 174 valence electrons. The van der Waals surface area contributed by atoms with Crippen LogP contribution in [0.25, 0.3) is 10.9 Å². The number of phenolic OH excluding ortho intramolecular Hbond substituents is 1. The number of pyridine rings is 1. The molecular weight excluding hydrogens is 441 g/mol. The van der Waals surface area contributed by atoms with Crippen LogP contribution in [-0.4, -0.2) is 51.5 Å². The highest BCUT2D eigenvalue weighted by molar-refractivity contribution is 7.99. The van der Waals surface area contributed by atoms with E-state index in [2.05, 4.69) is 4.98 Å². The van der Waals surface area contributed by atoms with Gasteiger partial charge in [0.2, 0.25) is 0 Å². The zero-order valence-electron chi connectivity index (χ0n) is 19.2. The fourth-order valence-electron chi connectivity index (χ4n) is 4.20. The first-order valence-corrected chi connectivity index (χ1v) is 12.0. The van der Waals surface area contributed by atoms with E-state index in [-0.39, 0.29) is 23.0 Å². The van der Waals surface area contributed by atoms with Crippen LogP contribution in [0.2, 0.25) is 0 Å². The van der Waals surface area contributed by atoms with Crippen molar-refractivity contribution in [1.29, 1.82) is 0 Å². The molecule has 2 heterocycles. The molecular formula is C25H28FN3O3S. The second kappa shape index (κ2) is 8.83. The molecule has 8 heteroatoms. The summed E-state index contributed by atoms with van der Waals surface area (Å²) in [6.07, 6.45) is 4.64. The van der Waals surface area contributed by atoms with Gasteiger partial charge in [-0.2, -0.15) is 0 Å². The molecule has 0 radical (unpaired) electrons. The minimum atomic E-state index is -0.891. The Kier molecular flexibility index (Phi) is 6.24. The predicted octanol–water partition coefficient (Wildman–Crippen LogP) is 4.50. The van der Waals surface area contributed by atoms with Crippen molar-refractivity contribution in [3.05, 3.63) is 64.6 Å². The van der Waals surface area contributed by atoms with Crippen LogP contribution in [-0.2, 0) is 13.0 Å². The van der Waals surface area contributed by atoms with Crippen LogP contribution in [0.4, 0.5) is 10.1 Å². The third-order valence-electron chi connectivity index (χ3n) is 6.00. The molecule has 1 aromatic heterocycles. The lowest BCUT2D eigenvalue weighted by molar-refractivity contribution is 0.0516. The average Bonchev–Trinajstić information content (AvgIpc) is 3.09. The van der Waals surface area contributed by atoms with Crippen molar-refractivity contribution in [3.63, 3.8) is 0 Å². The number of anilines is 1. The van der Waals surface area contributed by atoms with Gasteiger partial charge in [-0.05, 0) is 56.0 Å². The van der Waals surface area contributed by atoms with Gasteiger partial charge in [0.25, 0.3) is 5.91 Å². The molecule has 0 saturated heterocycles. The Morgan fingerprint density at radius 3 is 2.58 bits per heavy atom. The van der Waals surface area contributed by atoms with Crippen LogP contribution in [0, 0.1) is 5.82 Å². The highest BCUT2D eigenvalue weighted by atomic mass is 32.2. The maximum atomic E-state index is 13.3. The molecule has 1 amide bonds. The average molecular weight is 470 g/mol. The molecule has 0 unspecified atom stereocenters. The summed E-state index contributed by atoms with van der Waals surface area (Å²) in [4.78, 5) is 19.4. The van der Waals surface area contributed by atoms with E-state index in [4.69, 9.17) is 0 Å². The number of aromatic nitrogens is 1. The lowest BCUT2D eigenvalue weighted by Gasteiger charge is -2.23. The molecule has 0 aliphatic carbocycles. The SMILES string of the molecule is CSN(C)c1c2c(c(O)c3ncc(Cc4ccc(F)cc4)cc13)C(=O)N(CCC(C)(C)O)C2. The Morgan fingerprint density at radius 2 is 1.94 bits per heavy atom. The van der Waals surface area contributed by atoms with E-state index in [0.717, 1.165) is 27.8 Å². The Bertz CT molecular complexity index is 1210. The monoisotopic (exact) mass is 469 g/mol. The fourth-order valence-corrected chi connectivity index (χ4v) is 4.59. The van der Waals surface area contributed by atoms with Crippen LogP contribution >= 0.6 is 11.9 Å². The van der Waals surface area contributed by atoms with Gasteiger partial charge in [0.1, 0.15) is 11.3 Å². The van der Waals surface area contributed by atoms with Gasteiger partial charge in [0, 0.05) is 43.5 Å². The van der Waals surface area contributed by atoms with Gasteiger partial charge < -0.3 is 19.4 Å². The van der Waals surface area contributed by atoms with Crippen molar-refractivity contribution >= 4 is 34.4 Å². The summed E-state index contributed by atoms with van der Waals surface area (Å²) >= 11 is 1.51. The van der Waals surface area contributed by atoms with Crippen LogP contribution in [0.5, 0.6) is 5.75 Å². The van der Waals surface area contributed by atoms with Gasteiger partial charge in [0.15, 0.2) is 5.75 Å². The van der Waals surface area contributed by atoms with Gasteiger partial charge >= 0.3 is 0 Å². The number of carbonyl (C=O) groups excluding carboxylic acids is 1. The summed E-state index contributed by atoms with van der Waals surface area (Å²) in [6, 6.07) is 8.34. The summed E-state index contributed by atoms with van der Waals surface area (Å²) in [5, 5.41) is 21.9. The standard InChI is InChI=1S/C25H28FN3O3S/c1-25(2,32)9-10-29-14-19-20(24(29)31)23(30)21-18(22(19)28(3)33-4)12-16(13-27-21)11-15-5-7-17(26)8-6-15/h5-8,12-13,30,32H,9-11,14H2,1-4H3. The van der Waals surface area contributed by atoms with Crippen molar-refractivity contribution < 1.29 is 19.4 Å². The maximum absolute atomic E-state index is 13.3. The number of hydrogen-bond acceptors (Lipinski definition) is 6. The molecule has 0 bridgehead atoms. The molecule has 3 aromatic rings. The van der Waals surface area contributed by atoms with E-state index in [1.165, 1.54) is 24.1 Å². The predicted molar refractivity (Wildman–Crippen MR) is 130 cm³/mol. The zero-order chi connectivity index (χ0) is 23.9. The first-order chi connectivity index (χ1) is 15.6. The lowest BCUT2D eigenvalue weighted by Crippen LogP contribution is -2.31. The maximum Gasteiger partial charge on any atom is 0.258 e. The number of nitrogens with zero attached hydrogens (tertiary/aromatic N) is 3. The molecule has 0 fully saturated rings. The highest BCUT2D eigenvalue weighted by Crippen LogP contribution is 2.45. The summed E-state index contributed by atoms with van der Waals surface area (Å²) in [5.74, 6) is -0.637. The summed E-state index contributed by atoms with van der Waals surface area (Å²) in [5.41, 5.74) is 3.26. The Labute approximate surface area is 197 Å². The Balaban J connectivity index is 1.80. The third kappa shape index (κ3) is 4.63. The van der Waals surface area contributed by atoms with E-state index in [1.807, 2.05) is 23.7 Å². The van der Waals surface area contributed by atoms with Crippen LogP contribution in [0.15, 0.2) is 36.5 Å². The van der Waals surface area contributed by atoms with Crippen LogP contribution in [0.1, 0.15) is 47.3 Å². The van der Waals surface area contributed by atoms with E-state index >= 15 is 0 Å². The topological polar surface area (TPSA) is 76.9 Å².